The van der Waals surface area contributed by atoms with Crippen molar-refractivity contribution in [1.82, 2.24) is 9.88 Å². The van der Waals surface area contributed by atoms with E-state index < -0.39 is 0 Å². The summed E-state index contributed by atoms with van der Waals surface area (Å²) in [6.07, 6.45) is 3.87. The van der Waals surface area contributed by atoms with Gasteiger partial charge in [-0.15, -0.1) is 0 Å². The van der Waals surface area contributed by atoms with Gasteiger partial charge in [0.05, 0.1) is 6.20 Å². The number of rotatable bonds is 7. The fraction of sp³-hybridized carbons (Fsp3) is 0.312. The van der Waals surface area contributed by atoms with Crippen molar-refractivity contribution < 1.29 is 4.39 Å². The van der Waals surface area contributed by atoms with Gasteiger partial charge < -0.3 is 5.73 Å². The Morgan fingerprint density at radius 1 is 1.05 bits per heavy atom. The van der Waals surface area contributed by atoms with Crippen LogP contribution in [0.5, 0.6) is 0 Å². The molecule has 0 aliphatic rings. The quantitative estimate of drug-likeness (QED) is 0.843. The van der Waals surface area contributed by atoms with Crippen LogP contribution in [0.25, 0.3) is 0 Å². The van der Waals surface area contributed by atoms with E-state index in [0.717, 1.165) is 25.1 Å². The summed E-state index contributed by atoms with van der Waals surface area (Å²) in [6.45, 7) is 3.06. The lowest BCUT2D eigenvalue weighted by Crippen LogP contribution is -2.25. The van der Waals surface area contributed by atoms with Gasteiger partial charge in [-0.05, 0) is 30.2 Å². The van der Waals surface area contributed by atoms with E-state index in [1.54, 1.807) is 6.20 Å². The summed E-state index contributed by atoms with van der Waals surface area (Å²) in [6, 6.07) is 11.8. The first-order valence-corrected chi connectivity index (χ1v) is 6.83. The van der Waals surface area contributed by atoms with Crippen LogP contribution in [-0.2, 0) is 13.1 Å². The number of halogens is 1. The average molecular weight is 273 g/mol. The van der Waals surface area contributed by atoms with Gasteiger partial charge >= 0.3 is 0 Å². The molecule has 106 valence electrons. The number of hydrogen-bond acceptors (Lipinski definition) is 3. The molecule has 4 heteroatoms. The molecule has 3 nitrogen and oxygen atoms in total. The van der Waals surface area contributed by atoms with Crippen molar-refractivity contribution in [3.8, 4) is 0 Å². The lowest BCUT2D eigenvalue weighted by atomic mass is 10.2. The molecule has 0 saturated carbocycles. The molecule has 1 aromatic heterocycles. The number of aromatic nitrogens is 1. The van der Waals surface area contributed by atoms with Gasteiger partial charge in [0.25, 0.3) is 0 Å². The number of nitrogens with zero attached hydrogens (tertiary/aromatic N) is 2. The van der Waals surface area contributed by atoms with Gasteiger partial charge in [-0.1, -0.05) is 30.3 Å². The van der Waals surface area contributed by atoms with Crippen LogP contribution in [0.3, 0.4) is 0 Å². The van der Waals surface area contributed by atoms with E-state index in [4.69, 9.17) is 5.73 Å². The molecule has 0 amide bonds. The molecule has 0 unspecified atom stereocenters. The predicted octanol–water partition coefficient (Wildman–Crippen LogP) is 2.57. The Kier molecular flexibility index (Phi) is 5.65. The predicted molar refractivity (Wildman–Crippen MR) is 78.4 cm³/mol. The van der Waals surface area contributed by atoms with Crippen molar-refractivity contribution >= 4 is 0 Å². The lowest BCUT2D eigenvalue weighted by molar-refractivity contribution is 0.254. The van der Waals surface area contributed by atoms with E-state index in [1.807, 2.05) is 18.2 Å². The molecule has 0 radical (unpaired) electrons. The molecule has 0 saturated heterocycles. The van der Waals surface area contributed by atoms with Crippen LogP contribution in [0.4, 0.5) is 4.39 Å². The summed E-state index contributed by atoms with van der Waals surface area (Å²) in [4.78, 5) is 6.16. The van der Waals surface area contributed by atoms with Crippen molar-refractivity contribution in [3.63, 3.8) is 0 Å². The summed E-state index contributed by atoms with van der Waals surface area (Å²) in [5.74, 6) is -0.291. The Hall–Kier alpha value is -1.78. The van der Waals surface area contributed by atoms with Crippen LogP contribution in [0.1, 0.15) is 17.5 Å². The normalized spacial score (nSPS) is 10.9. The average Bonchev–Trinajstić information content (AvgIpc) is 2.46. The Bertz CT molecular complexity index is 516. The number of pyridine rings is 1. The zero-order valence-electron chi connectivity index (χ0n) is 11.5. The molecule has 0 bridgehead atoms. The maximum absolute atomic E-state index is 13.2. The number of hydrogen-bond donors (Lipinski definition) is 1. The summed E-state index contributed by atoms with van der Waals surface area (Å²) < 4.78 is 13.2. The van der Waals surface area contributed by atoms with Crippen LogP contribution in [0, 0.1) is 5.82 Å². The Morgan fingerprint density at radius 3 is 2.50 bits per heavy atom. The van der Waals surface area contributed by atoms with E-state index >= 15 is 0 Å². The van der Waals surface area contributed by atoms with Crippen molar-refractivity contribution in [2.45, 2.75) is 19.5 Å². The Labute approximate surface area is 119 Å². The zero-order chi connectivity index (χ0) is 14.2. The standard InChI is InChI=1S/C16H20FN3/c17-16-9-15(10-19-11-16)13-20(8-4-7-18)12-14-5-2-1-3-6-14/h1-3,5-6,9-11H,4,7-8,12-13,18H2. The Balaban J connectivity index is 2.03. The number of benzene rings is 1. The molecule has 20 heavy (non-hydrogen) atoms. The van der Waals surface area contributed by atoms with Gasteiger partial charge in [0.1, 0.15) is 5.82 Å². The lowest BCUT2D eigenvalue weighted by Gasteiger charge is -2.22. The monoisotopic (exact) mass is 273 g/mol. The molecule has 0 spiro atoms. The van der Waals surface area contributed by atoms with Gasteiger partial charge in [-0.2, -0.15) is 0 Å². The summed E-state index contributed by atoms with van der Waals surface area (Å²) in [7, 11) is 0. The molecular weight excluding hydrogens is 253 g/mol. The van der Waals surface area contributed by atoms with E-state index in [9.17, 15) is 4.39 Å². The van der Waals surface area contributed by atoms with Crippen LogP contribution in [0.15, 0.2) is 48.8 Å². The van der Waals surface area contributed by atoms with E-state index in [-0.39, 0.29) is 5.82 Å². The molecule has 2 N–H and O–H groups in total. The van der Waals surface area contributed by atoms with Gasteiger partial charge in [0.2, 0.25) is 0 Å². The van der Waals surface area contributed by atoms with Crippen LogP contribution in [-0.4, -0.2) is 23.0 Å². The zero-order valence-corrected chi connectivity index (χ0v) is 11.5. The molecule has 2 rings (SSSR count). The first kappa shape index (κ1) is 14.6. The minimum absolute atomic E-state index is 0.291. The minimum Gasteiger partial charge on any atom is -0.330 e. The van der Waals surface area contributed by atoms with Gasteiger partial charge in [-0.25, -0.2) is 4.39 Å². The smallest absolute Gasteiger partial charge is 0.141 e. The third-order valence-electron chi connectivity index (χ3n) is 3.10. The molecule has 0 fully saturated rings. The van der Waals surface area contributed by atoms with Gasteiger partial charge in [0, 0.05) is 25.8 Å². The fourth-order valence-electron chi connectivity index (χ4n) is 2.17. The van der Waals surface area contributed by atoms with E-state index in [0.29, 0.717) is 13.1 Å². The van der Waals surface area contributed by atoms with Gasteiger partial charge in [0.15, 0.2) is 0 Å². The maximum Gasteiger partial charge on any atom is 0.141 e. The number of nitrogens with two attached hydrogens (primary N) is 1. The molecule has 2 aromatic rings. The summed E-state index contributed by atoms with van der Waals surface area (Å²) >= 11 is 0. The second-order valence-corrected chi connectivity index (χ2v) is 4.85. The fourth-order valence-corrected chi connectivity index (χ4v) is 2.17. The van der Waals surface area contributed by atoms with Crippen LogP contribution >= 0.6 is 0 Å². The SMILES string of the molecule is NCCCN(Cc1ccccc1)Cc1cncc(F)c1. The Morgan fingerprint density at radius 2 is 1.80 bits per heavy atom. The van der Waals surface area contributed by atoms with Gasteiger partial charge in [-0.3, -0.25) is 9.88 Å². The molecule has 1 aromatic carbocycles. The van der Waals surface area contributed by atoms with Crippen LogP contribution < -0.4 is 5.73 Å². The van der Waals surface area contributed by atoms with E-state index in [2.05, 4.69) is 22.0 Å². The minimum atomic E-state index is -0.291. The second-order valence-electron chi connectivity index (χ2n) is 4.85. The molecule has 0 aliphatic carbocycles. The molecular formula is C16H20FN3. The topological polar surface area (TPSA) is 42.1 Å². The summed E-state index contributed by atoms with van der Waals surface area (Å²) in [5.41, 5.74) is 7.72. The highest BCUT2D eigenvalue weighted by Crippen LogP contribution is 2.10. The second kappa shape index (κ2) is 7.72. The first-order valence-electron chi connectivity index (χ1n) is 6.83. The molecule has 0 aliphatic heterocycles. The highest BCUT2D eigenvalue weighted by atomic mass is 19.1. The maximum atomic E-state index is 13.2. The van der Waals surface area contributed by atoms with Crippen LogP contribution in [0.2, 0.25) is 0 Å². The van der Waals surface area contributed by atoms with Crippen molar-refractivity contribution in [2.24, 2.45) is 5.73 Å². The van der Waals surface area contributed by atoms with E-state index in [1.165, 1.54) is 17.8 Å². The summed E-state index contributed by atoms with van der Waals surface area (Å²) in [5, 5.41) is 0. The van der Waals surface area contributed by atoms with Crippen molar-refractivity contribution in [2.75, 3.05) is 13.1 Å². The van der Waals surface area contributed by atoms with Crippen molar-refractivity contribution in [3.05, 3.63) is 65.7 Å². The largest absolute Gasteiger partial charge is 0.330 e. The first-order chi connectivity index (χ1) is 9.78. The third-order valence-corrected chi connectivity index (χ3v) is 3.10. The highest BCUT2D eigenvalue weighted by Gasteiger charge is 2.07. The third kappa shape index (κ3) is 4.72. The molecule has 0 atom stereocenters. The molecule has 1 heterocycles. The van der Waals surface area contributed by atoms with Crippen molar-refractivity contribution in [1.29, 1.82) is 0 Å². The highest BCUT2D eigenvalue weighted by molar-refractivity contribution is 5.15.